The van der Waals surface area contributed by atoms with Crippen LogP contribution in [-0.2, 0) is 0 Å². The lowest BCUT2D eigenvalue weighted by Gasteiger charge is -2.15. The average molecular weight is 327 g/mol. The van der Waals surface area contributed by atoms with Crippen LogP contribution in [0.3, 0.4) is 0 Å². The van der Waals surface area contributed by atoms with Crippen molar-refractivity contribution in [1.82, 2.24) is 15.6 Å². The number of hydrogen-bond acceptors (Lipinski definition) is 5. The van der Waals surface area contributed by atoms with Crippen LogP contribution >= 0.6 is 0 Å². The molecule has 1 saturated heterocycles. The molecule has 0 spiro atoms. The number of amides is 1. The summed E-state index contributed by atoms with van der Waals surface area (Å²) in [7, 11) is 0. The lowest BCUT2D eigenvalue weighted by Crippen LogP contribution is -2.29. The summed E-state index contributed by atoms with van der Waals surface area (Å²) >= 11 is 0. The summed E-state index contributed by atoms with van der Waals surface area (Å²) in [5.74, 6) is 0.963. The number of fused-ring (bicyclic) bond motifs is 1. The van der Waals surface area contributed by atoms with Gasteiger partial charge in [-0.25, -0.2) is 9.78 Å². The molecule has 0 radical (unpaired) electrons. The Kier molecular flexibility index (Phi) is 4.21. The number of ether oxygens (including phenoxy) is 2. The molecular weight excluding hydrogens is 306 g/mol. The van der Waals surface area contributed by atoms with Gasteiger partial charge < -0.3 is 20.1 Å². The Morgan fingerprint density at radius 2 is 2.17 bits per heavy atom. The number of nitrogens with zero attached hydrogens (tertiary/aromatic N) is 1. The molecule has 1 aliphatic carbocycles. The molecule has 1 aromatic carbocycles. The van der Waals surface area contributed by atoms with Crippen molar-refractivity contribution in [3.05, 3.63) is 30.3 Å². The van der Waals surface area contributed by atoms with E-state index >= 15 is 0 Å². The fourth-order valence-electron chi connectivity index (χ4n) is 2.90. The summed E-state index contributed by atoms with van der Waals surface area (Å²) in [5.41, 5.74) is 0.753. The predicted molar refractivity (Wildman–Crippen MR) is 90.4 cm³/mol. The van der Waals surface area contributed by atoms with Crippen LogP contribution < -0.4 is 20.1 Å². The first-order valence-electron chi connectivity index (χ1n) is 8.52. The van der Waals surface area contributed by atoms with E-state index < -0.39 is 6.09 Å². The number of aromatic nitrogens is 1. The van der Waals surface area contributed by atoms with Crippen molar-refractivity contribution < 1.29 is 14.3 Å². The maximum absolute atomic E-state index is 11.9. The fourth-order valence-corrected chi connectivity index (χ4v) is 2.90. The van der Waals surface area contributed by atoms with Gasteiger partial charge in [0.25, 0.3) is 0 Å². The molecular formula is C18H21N3O3. The Labute approximate surface area is 140 Å². The third kappa shape index (κ3) is 3.59. The van der Waals surface area contributed by atoms with Crippen LogP contribution in [0, 0.1) is 0 Å². The third-order valence-corrected chi connectivity index (χ3v) is 4.35. The largest absolute Gasteiger partial charge is 0.491 e. The van der Waals surface area contributed by atoms with Crippen molar-refractivity contribution in [3.8, 4) is 11.6 Å². The van der Waals surface area contributed by atoms with E-state index in [1.54, 1.807) is 6.07 Å². The molecule has 1 amide bonds. The summed E-state index contributed by atoms with van der Waals surface area (Å²) in [6.45, 7) is 1.64. The molecule has 2 fully saturated rings. The molecule has 6 heteroatoms. The molecule has 1 atom stereocenters. The first-order chi connectivity index (χ1) is 11.8. The molecule has 2 N–H and O–H groups in total. The molecule has 1 saturated carbocycles. The number of para-hydroxylation sites is 1. The SMILES string of the molecule is O=C(NC1CC1)Oc1cc(OC[C@H]2CCCN2)c2ccccc2n1. The fraction of sp³-hybridized carbons (Fsp3) is 0.444. The summed E-state index contributed by atoms with van der Waals surface area (Å²) in [6.07, 6.45) is 3.88. The lowest BCUT2D eigenvalue weighted by molar-refractivity contribution is 0.198. The van der Waals surface area contributed by atoms with Crippen molar-refractivity contribution in [3.63, 3.8) is 0 Å². The highest BCUT2D eigenvalue weighted by molar-refractivity contribution is 5.86. The Balaban J connectivity index is 1.53. The lowest BCUT2D eigenvalue weighted by atomic mass is 10.2. The van der Waals surface area contributed by atoms with Crippen molar-refractivity contribution in [1.29, 1.82) is 0 Å². The van der Waals surface area contributed by atoms with E-state index in [-0.39, 0.29) is 11.9 Å². The van der Waals surface area contributed by atoms with Crippen LogP contribution in [-0.4, -0.2) is 36.3 Å². The number of nitrogens with one attached hydrogen (secondary N) is 2. The molecule has 2 aliphatic rings. The van der Waals surface area contributed by atoms with E-state index in [0.29, 0.717) is 18.4 Å². The number of benzene rings is 1. The highest BCUT2D eigenvalue weighted by Crippen LogP contribution is 2.29. The average Bonchev–Trinajstić information content (AvgIpc) is 3.23. The third-order valence-electron chi connectivity index (χ3n) is 4.35. The normalized spacial score (nSPS) is 20.1. The molecule has 2 aromatic rings. The smallest absolute Gasteiger partial charge is 0.414 e. The topological polar surface area (TPSA) is 72.5 Å². The van der Waals surface area contributed by atoms with Crippen molar-refractivity contribution in [2.24, 2.45) is 0 Å². The molecule has 24 heavy (non-hydrogen) atoms. The zero-order chi connectivity index (χ0) is 16.4. The maximum Gasteiger partial charge on any atom is 0.414 e. The van der Waals surface area contributed by atoms with Gasteiger partial charge in [0.1, 0.15) is 12.4 Å². The zero-order valence-corrected chi connectivity index (χ0v) is 13.5. The van der Waals surface area contributed by atoms with E-state index in [9.17, 15) is 4.79 Å². The number of pyridine rings is 1. The van der Waals surface area contributed by atoms with Gasteiger partial charge in [0.2, 0.25) is 5.88 Å². The van der Waals surface area contributed by atoms with Crippen LogP contribution in [0.1, 0.15) is 25.7 Å². The van der Waals surface area contributed by atoms with Crippen molar-refractivity contribution in [2.75, 3.05) is 13.2 Å². The van der Waals surface area contributed by atoms with E-state index in [2.05, 4.69) is 15.6 Å². The molecule has 6 nitrogen and oxygen atoms in total. The summed E-state index contributed by atoms with van der Waals surface area (Å²) in [4.78, 5) is 16.3. The number of carbonyl (C=O) groups is 1. The molecule has 1 aliphatic heterocycles. The van der Waals surface area contributed by atoms with Crippen LogP contribution in [0.15, 0.2) is 30.3 Å². The summed E-state index contributed by atoms with van der Waals surface area (Å²) in [5, 5.41) is 7.13. The van der Waals surface area contributed by atoms with Gasteiger partial charge in [-0.3, -0.25) is 0 Å². The van der Waals surface area contributed by atoms with Gasteiger partial charge in [-0.2, -0.15) is 0 Å². The molecule has 1 aromatic heterocycles. The van der Waals surface area contributed by atoms with Crippen LogP contribution in [0.5, 0.6) is 11.6 Å². The molecule has 0 unspecified atom stereocenters. The van der Waals surface area contributed by atoms with Crippen LogP contribution in [0.4, 0.5) is 4.79 Å². The second-order valence-electron chi connectivity index (χ2n) is 6.39. The zero-order valence-electron chi connectivity index (χ0n) is 13.5. The van der Waals surface area contributed by atoms with Gasteiger partial charge in [0.05, 0.1) is 5.52 Å². The van der Waals surface area contributed by atoms with Crippen molar-refractivity contribution >= 4 is 17.0 Å². The minimum absolute atomic E-state index is 0.252. The second kappa shape index (κ2) is 6.65. The quantitative estimate of drug-likeness (QED) is 0.883. The van der Waals surface area contributed by atoms with Crippen LogP contribution in [0.2, 0.25) is 0 Å². The first-order valence-corrected chi connectivity index (χ1v) is 8.52. The van der Waals surface area contributed by atoms with Gasteiger partial charge in [-0.1, -0.05) is 12.1 Å². The van der Waals surface area contributed by atoms with Gasteiger partial charge in [-0.15, -0.1) is 0 Å². The minimum atomic E-state index is -0.455. The van der Waals surface area contributed by atoms with E-state index in [1.165, 1.54) is 6.42 Å². The molecule has 0 bridgehead atoms. The summed E-state index contributed by atoms with van der Waals surface area (Å²) < 4.78 is 11.3. The standard InChI is InChI=1S/C18H21N3O3/c22-18(20-12-7-8-12)24-17-10-16(23-11-13-4-3-9-19-13)14-5-1-2-6-15(14)21-17/h1-2,5-6,10,12-13,19H,3-4,7-9,11H2,(H,20,22)/t13-/m1/s1. The van der Waals surface area contributed by atoms with Gasteiger partial charge in [0.15, 0.2) is 0 Å². The highest BCUT2D eigenvalue weighted by Gasteiger charge is 2.24. The molecule has 2 heterocycles. The second-order valence-corrected chi connectivity index (χ2v) is 6.39. The maximum atomic E-state index is 11.9. The van der Waals surface area contributed by atoms with E-state index in [1.807, 2.05) is 24.3 Å². The van der Waals surface area contributed by atoms with Crippen LogP contribution in [0.25, 0.3) is 10.9 Å². The van der Waals surface area contributed by atoms with Crippen molar-refractivity contribution in [2.45, 2.75) is 37.8 Å². The van der Waals surface area contributed by atoms with Gasteiger partial charge in [0, 0.05) is 23.5 Å². The molecule has 4 rings (SSSR count). The first kappa shape index (κ1) is 15.2. The van der Waals surface area contributed by atoms with E-state index in [0.717, 1.165) is 36.7 Å². The van der Waals surface area contributed by atoms with Gasteiger partial charge in [-0.05, 0) is 44.4 Å². The van der Waals surface area contributed by atoms with Gasteiger partial charge >= 0.3 is 6.09 Å². The predicted octanol–water partition coefficient (Wildman–Crippen LogP) is 2.62. The monoisotopic (exact) mass is 327 g/mol. The molecule has 126 valence electrons. The highest BCUT2D eigenvalue weighted by atomic mass is 16.6. The summed E-state index contributed by atoms with van der Waals surface area (Å²) in [6, 6.07) is 10.0. The Bertz CT molecular complexity index is 739. The number of hydrogen-bond donors (Lipinski definition) is 2. The van der Waals surface area contributed by atoms with E-state index in [4.69, 9.17) is 9.47 Å². The Hall–Kier alpha value is -2.34. The number of rotatable bonds is 5. The Morgan fingerprint density at radius 1 is 1.29 bits per heavy atom. The Morgan fingerprint density at radius 3 is 2.96 bits per heavy atom. The minimum Gasteiger partial charge on any atom is -0.491 e. The number of carbonyl (C=O) groups excluding carboxylic acids is 1.